The van der Waals surface area contributed by atoms with Gasteiger partial charge in [-0.05, 0) is 30.9 Å². The number of pyridine rings is 1. The van der Waals surface area contributed by atoms with Crippen molar-refractivity contribution < 1.29 is 4.79 Å². The Hall–Kier alpha value is -2.62. The van der Waals surface area contributed by atoms with E-state index in [1.165, 1.54) is 6.42 Å². The fourth-order valence-corrected chi connectivity index (χ4v) is 3.42. The van der Waals surface area contributed by atoms with Crippen LogP contribution in [0.5, 0.6) is 0 Å². The molecule has 1 aromatic carbocycles. The number of likely N-dealkylation sites (tertiary alicyclic amines) is 1. The van der Waals surface area contributed by atoms with Gasteiger partial charge in [0.25, 0.3) is 5.91 Å². The second-order valence-corrected chi connectivity index (χ2v) is 6.67. The number of hydrogen-bond donors (Lipinski definition) is 0. The van der Waals surface area contributed by atoms with E-state index in [2.05, 4.69) is 11.9 Å². The van der Waals surface area contributed by atoms with Crippen LogP contribution in [-0.4, -0.2) is 33.3 Å². The Kier molecular flexibility index (Phi) is 3.81. The molecule has 0 saturated carbocycles. The summed E-state index contributed by atoms with van der Waals surface area (Å²) in [6.45, 7) is 3.93. The number of benzene rings is 1. The van der Waals surface area contributed by atoms with Gasteiger partial charge in [-0.3, -0.25) is 4.79 Å². The Labute approximate surface area is 141 Å². The third-order valence-corrected chi connectivity index (χ3v) is 4.71. The van der Waals surface area contributed by atoms with Crippen LogP contribution in [0.2, 0.25) is 0 Å². The standard InChI is InChI=1S/C20H21N3O/c1-15-6-5-11-22(12-15)20(24)17-9-10-19-21-18(14-23(19)13-17)16-7-3-2-4-8-16/h2-4,7-10,13-15H,5-6,11-12H2,1H3. The van der Waals surface area contributed by atoms with Crippen molar-refractivity contribution in [2.24, 2.45) is 5.92 Å². The van der Waals surface area contributed by atoms with E-state index in [1.54, 1.807) is 0 Å². The Morgan fingerprint density at radius 1 is 1.12 bits per heavy atom. The molecule has 4 heteroatoms. The van der Waals surface area contributed by atoms with E-state index in [9.17, 15) is 4.79 Å². The zero-order valence-corrected chi connectivity index (χ0v) is 13.9. The number of amides is 1. The molecule has 0 N–H and O–H groups in total. The molecule has 1 saturated heterocycles. The highest BCUT2D eigenvalue weighted by Crippen LogP contribution is 2.21. The van der Waals surface area contributed by atoms with Crippen LogP contribution in [0, 0.1) is 5.92 Å². The number of fused-ring (bicyclic) bond motifs is 1. The van der Waals surface area contributed by atoms with E-state index in [4.69, 9.17) is 0 Å². The van der Waals surface area contributed by atoms with Crippen molar-refractivity contribution in [3.8, 4) is 11.3 Å². The Bertz CT molecular complexity index is 869. The maximum absolute atomic E-state index is 12.8. The molecule has 0 bridgehead atoms. The van der Waals surface area contributed by atoms with Gasteiger partial charge in [-0.2, -0.15) is 0 Å². The van der Waals surface area contributed by atoms with Gasteiger partial charge in [0.05, 0.1) is 11.3 Å². The zero-order valence-electron chi connectivity index (χ0n) is 13.9. The van der Waals surface area contributed by atoms with E-state index >= 15 is 0 Å². The fourth-order valence-electron chi connectivity index (χ4n) is 3.42. The number of carbonyl (C=O) groups is 1. The first-order valence-corrected chi connectivity index (χ1v) is 8.54. The van der Waals surface area contributed by atoms with Gasteiger partial charge in [0.15, 0.2) is 0 Å². The van der Waals surface area contributed by atoms with Gasteiger partial charge in [-0.1, -0.05) is 37.3 Å². The number of rotatable bonds is 2. The molecule has 0 spiro atoms. The summed E-state index contributed by atoms with van der Waals surface area (Å²) >= 11 is 0. The molecule has 1 aliphatic heterocycles. The van der Waals surface area contributed by atoms with Gasteiger partial charge in [0.1, 0.15) is 5.65 Å². The van der Waals surface area contributed by atoms with E-state index in [0.717, 1.165) is 42.0 Å². The van der Waals surface area contributed by atoms with Crippen molar-refractivity contribution in [1.29, 1.82) is 0 Å². The van der Waals surface area contributed by atoms with Crippen LogP contribution in [0.3, 0.4) is 0 Å². The maximum atomic E-state index is 12.8. The molecular formula is C20H21N3O. The maximum Gasteiger partial charge on any atom is 0.255 e. The molecule has 4 nitrogen and oxygen atoms in total. The average Bonchev–Trinajstić information content (AvgIpc) is 3.05. The zero-order chi connectivity index (χ0) is 16.5. The lowest BCUT2D eigenvalue weighted by molar-refractivity contribution is 0.0682. The molecule has 24 heavy (non-hydrogen) atoms. The number of nitrogens with zero attached hydrogens (tertiary/aromatic N) is 3. The van der Waals surface area contributed by atoms with Gasteiger partial charge >= 0.3 is 0 Å². The number of carbonyl (C=O) groups excluding carboxylic acids is 1. The van der Waals surface area contributed by atoms with Crippen LogP contribution in [0.15, 0.2) is 54.9 Å². The average molecular weight is 319 g/mol. The molecule has 0 aliphatic carbocycles. The summed E-state index contributed by atoms with van der Waals surface area (Å²) in [5.74, 6) is 0.711. The quantitative estimate of drug-likeness (QED) is 0.719. The van der Waals surface area contributed by atoms with E-state index in [1.807, 2.05) is 64.2 Å². The summed E-state index contributed by atoms with van der Waals surface area (Å²) in [5, 5.41) is 0. The largest absolute Gasteiger partial charge is 0.338 e. The summed E-state index contributed by atoms with van der Waals surface area (Å²) < 4.78 is 1.95. The summed E-state index contributed by atoms with van der Waals surface area (Å²) in [6.07, 6.45) is 6.19. The number of aromatic nitrogens is 2. The van der Waals surface area contributed by atoms with Crippen molar-refractivity contribution in [3.05, 3.63) is 60.4 Å². The van der Waals surface area contributed by atoms with Crippen LogP contribution in [-0.2, 0) is 0 Å². The number of piperidine rings is 1. The molecular weight excluding hydrogens is 298 g/mol. The molecule has 2 aromatic heterocycles. The molecule has 1 aliphatic rings. The molecule has 1 amide bonds. The summed E-state index contributed by atoms with van der Waals surface area (Å²) in [4.78, 5) is 19.4. The second kappa shape index (κ2) is 6.11. The smallest absolute Gasteiger partial charge is 0.255 e. The normalized spacial score (nSPS) is 18.0. The van der Waals surface area contributed by atoms with Crippen molar-refractivity contribution in [1.82, 2.24) is 14.3 Å². The van der Waals surface area contributed by atoms with Crippen LogP contribution in [0.25, 0.3) is 16.9 Å². The molecule has 0 radical (unpaired) electrons. The lowest BCUT2D eigenvalue weighted by atomic mass is 10.00. The number of imidazole rings is 1. The number of hydrogen-bond acceptors (Lipinski definition) is 2. The predicted molar refractivity (Wildman–Crippen MR) is 94.9 cm³/mol. The summed E-state index contributed by atoms with van der Waals surface area (Å²) in [5.41, 5.74) is 3.59. The second-order valence-electron chi connectivity index (χ2n) is 6.67. The predicted octanol–water partition coefficient (Wildman–Crippen LogP) is 3.87. The van der Waals surface area contributed by atoms with Crippen molar-refractivity contribution in [2.45, 2.75) is 19.8 Å². The Morgan fingerprint density at radius 3 is 2.75 bits per heavy atom. The van der Waals surface area contributed by atoms with Crippen molar-refractivity contribution in [3.63, 3.8) is 0 Å². The monoisotopic (exact) mass is 319 g/mol. The van der Waals surface area contributed by atoms with Gasteiger partial charge in [0.2, 0.25) is 0 Å². The topological polar surface area (TPSA) is 37.6 Å². The van der Waals surface area contributed by atoms with E-state index in [-0.39, 0.29) is 5.91 Å². The minimum atomic E-state index is 0.124. The fraction of sp³-hybridized carbons (Fsp3) is 0.300. The lowest BCUT2D eigenvalue weighted by Crippen LogP contribution is -2.39. The highest BCUT2D eigenvalue weighted by atomic mass is 16.2. The van der Waals surface area contributed by atoms with Crippen LogP contribution in [0.4, 0.5) is 0 Å². The minimum Gasteiger partial charge on any atom is -0.338 e. The van der Waals surface area contributed by atoms with Crippen LogP contribution < -0.4 is 0 Å². The first kappa shape index (κ1) is 14.9. The van der Waals surface area contributed by atoms with Crippen molar-refractivity contribution >= 4 is 11.6 Å². The van der Waals surface area contributed by atoms with Crippen LogP contribution in [0.1, 0.15) is 30.1 Å². The van der Waals surface area contributed by atoms with Gasteiger partial charge in [0, 0.05) is 31.0 Å². The Balaban J connectivity index is 1.64. The first-order chi connectivity index (χ1) is 11.7. The third-order valence-electron chi connectivity index (χ3n) is 4.71. The van der Waals surface area contributed by atoms with E-state index in [0.29, 0.717) is 5.92 Å². The first-order valence-electron chi connectivity index (χ1n) is 8.54. The third kappa shape index (κ3) is 2.80. The highest BCUT2D eigenvalue weighted by Gasteiger charge is 2.22. The molecule has 122 valence electrons. The SMILES string of the molecule is CC1CCCN(C(=O)c2ccc3nc(-c4ccccc4)cn3c2)C1. The van der Waals surface area contributed by atoms with E-state index < -0.39 is 0 Å². The van der Waals surface area contributed by atoms with Crippen molar-refractivity contribution in [2.75, 3.05) is 13.1 Å². The lowest BCUT2D eigenvalue weighted by Gasteiger charge is -2.31. The molecule has 4 rings (SSSR count). The molecule has 3 heterocycles. The van der Waals surface area contributed by atoms with Gasteiger partial charge in [-0.25, -0.2) is 4.98 Å². The molecule has 1 fully saturated rings. The van der Waals surface area contributed by atoms with Crippen LogP contribution >= 0.6 is 0 Å². The Morgan fingerprint density at radius 2 is 1.96 bits per heavy atom. The molecule has 1 unspecified atom stereocenters. The highest BCUT2D eigenvalue weighted by molar-refractivity contribution is 5.94. The molecule has 3 aromatic rings. The van der Waals surface area contributed by atoms with Gasteiger partial charge < -0.3 is 9.30 Å². The van der Waals surface area contributed by atoms with Gasteiger partial charge in [-0.15, -0.1) is 0 Å². The summed E-state index contributed by atoms with van der Waals surface area (Å²) in [7, 11) is 0. The summed E-state index contributed by atoms with van der Waals surface area (Å²) in [6, 6.07) is 13.9. The molecule has 1 atom stereocenters. The minimum absolute atomic E-state index is 0.124.